The minimum atomic E-state index is -0.254. The Morgan fingerprint density at radius 1 is 1.37 bits per heavy atom. The van der Waals surface area contributed by atoms with Gasteiger partial charge >= 0.3 is 6.03 Å². The number of carbonyl (C=O) groups is 1. The maximum absolute atomic E-state index is 12.3. The van der Waals surface area contributed by atoms with Crippen LogP contribution in [0.5, 0.6) is 0 Å². The molecule has 3 aromatic heterocycles. The van der Waals surface area contributed by atoms with Crippen molar-refractivity contribution in [3.05, 3.63) is 48.6 Å². The Morgan fingerprint density at radius 2 is 2.26 bits per heavy atom. The molecule has 0 atom stereocenters. The van der Waals surface area contributed by atoms with Gasteiger partial charge in [0.25, 0.3) is 0 Å². The van der Waals surface area contributed by atoms with Crippen molar-refractivity contribution in [3.63, 3.8) is 0 Å². The lowest BCUT2D eigenvalue weighted by Gasteiger charge is -2.16. The molecule has 0 aliphatic rings. The van der Waals surface area contributed by atoms with Crippen LogP contribution in [0.25, 0.3) is 11.4 Å². The molecule has 0 saturated carbocycles. The first-order chi connectivity index (χ1) is 13.2. The summed E-state index contributed by atoms with van der Waals surface area (Å²) < 4.78 is 12.2. The van der Waals surface area contributed by atoms with Gasteiger partial charge in [0, 0.05) is 44.9 Å². The number of aromatic nitrogens is 5. The SMILES string of the molecule is COCCn1cncc1CNC(=O)N(C)Cc1nc(-c2cccnc2)no1. The second kappa shape index (κ2) is 8.90. The standard InChI is InChI=1S/C17H21N7O3/c1-23(11-15-21-16(22-27-15)13-4-3-5-18-8-13)17(25)20-10-14-9-19-12-24(14)6-7-26-2/h3-5,8-9,12H,6-7,10-11H2,1-2H3,(H,20,25). The minimum Gasteiger partial charge on any atom is -0.383 e. The molecule has 10 heteroatoms. The van der Waals surface area contributed by atoms with Crippen LogP contribution in [0.3, 0.4) is 0 Å². The Balaban J connectivity index is 1.52. The number of hydrogen-bond acceptors (Lipinski definition) is 7. The molecule has 0 aliphatic carbocycles. The van der Waals surface area contributed by atoms with Crippen LogP contribution in [0.15, 0.2) is 41.6 Å². The zero-order valence-corrected chi connectivity index (χ0v) is 15.2. The fraction of sp³-hybridized carbons (Fsp3) is 0.353. The summed E-state index contributed by atoms with van der Waals surface area (Å²) in [4.78, 5) is 26.2. The Hall–Kier alpha value is -3.27. The van der Waals surface area contributed by atoms with E-state index >= 15 is 0 Å². The van der Waals surface area contributed by atoms with Crippen molar-refractivity contribution in [1.29, 1.82) is 0 Å². The lowest BCUT2D eigenvalue weighted by molar-refractivity contribution is 0.185. The summed E-state index contributed by atoms with van der Waals surface area (Å²) in [6.07, 6.45) is 6.75. The van der Waals surface area contributed by atoms with Crippen molar-refractivity contribution >= 4 is 6.03 Å². The summed E-state index contributed by atoms with van der Waals surface area (Å²) in [6, 6.07) is 3.38. The normalized spacial score (nSPS) is 10.7. The largest absolute Gasteiger partial charge is 0.383 e. The van der Waals surface area contributed by atoms with Gasteiger partial charge in [-0.15, -0.1) is 0 Å². The molecule has 0 bridgehead atoms. The summed E-state index contributed by atoms with van der Waals surface area (Å²) in [6.45, 7) is 1.81. The number of methoxy groups -OCH3 is 1. The number of urea groups is 1. The van der Waals surface area contributed by atoms with E-state index in [-0.39, 0.29) is 12.6 Å². The van der Waals surface area contributed by atoms with Gasteiger partial charge in [-0.25, -0.2) is 9.78 Å². The molecule has 3 heterocycles. The van der Waals surface area contributed by atoms with Gasteiger partial charge in [-0.1, -0.05) is 5.16 Å². The topological polar surface area (TPSA) is 111 Å². The molecule has 3 aromatic rings. The highest BCUT2D eigenvalue weighted by Crippen LogP contribution is 2.14. The molecule has 0 saturated heterocycles. The van der Waals surface area contributed by atoms with E-state index in [0.717, 1.165) is 11.3 Å². The third-order valence-electron chi connectivity index (χ3n) is 3.86. The summed E-state index contributed by atoms with van der Waals surface area (Å²) in [7, 11) is 3.30. The maximum atomic E-state index is 12.3. The second-order valence-corrected chi connectivity index (χ2v) is 5.84. The molecule has 1 N–H and O–H groups in total. The highest BCUT2D eigenvalue weighted by atomic mass is 16.5. The van der Waals surface area contributed by atoms with Crippen LogP contribution >= 0.6 is 0 Å². The smallest absolute Gasteiger partial charge is 0.317 e. The first-order valence-electron chi connectivity index (χ1n) is 8.37. The average Bonchev–Trinajstić information content (AvgIpc) is 3.34. The number of amides is 2. The highest BCUT2D eigenvalue weighted by molar-refractivity contribution is 5.73. The van der Waals surface area contributed by atoms with Crippen LogP contribution in [0.4, 0.5) is 4.79 Å². The third-order valence-corrected chi connectivity index (χ3v) is 3.86. The average molecular weight is 371 g/mol. The lowest BCUT2D eigenvalue weighted by Crippen LogP contribution is -2.36. The number of imidazole rings is 1. The molecular formula is C17H21N7O3. The van der Waals surface area contributed by atoms with Crippen LogP contribution in [0.1, 0.15) is 11.6 Å². The van der Waals surface area contributed by atoms with Gasteiger partial charge < -0.3 is 24.0 Å². The van der Waals surface area contributed by atoms with Crippen LogP contribution in [-0.2, 0) is 24.4 Å². The molecule has 10 nitrogen and oxygen atoms in total. The van der Waals surface area contributed by atoms with Crippen molar-refractivity contribution in [3.8, 4) is 11.4 Å². The second-order valence-electron chi connectivity index (χ2n) is 5.84. The van der Waals surface area contributed by atoms with Crippen molar-refractivity contribution in [1.82, 2.24) is 34.9 Å². The number of pyridine rings is 1. The zero-order chi connectivity index (χ0) is 19.1. The molecule has 0 aliphatic heterocycles. The summed E-state index contributed by atoms with van der Waals surface area (Å²) in [5.74, 6) is 0.783. The number of rotatable bonds is 8. The van der Waals surface area contributed by atoms with E-state index in [1.54, 1.807) is 45.1 Å². The van der Waals surface area contributed by atoms with Crippen molar-refractivity contribution < 1.29 is 14.1 Å². The van der Waals surface area contributed by atoms with Crippen LogP contribution < -0.4 is 5.32 Å². The summed E-state index contributed by atoms with van der Waals surface area (Å²) in [5, 5.41) is 6.76. The van der Waals surface area contributed by atoms with E-state index in [1.165, 1.54) is 4.90 Å². The van der Waals surface area contributed by atoms with E-state index < -0.39 is 0 Å². The quantitative estimate of drug-likeness (QED) is 0.635. The van der Waals surface area contributed by atoms with E-state index in [1.807, 2.05) is 10.6 Å². The first-order valence-corrected chi connectivity index (χ1v) is 8.37. The maximum Gasteiger partial charge on any atom is 0.317 e. The number of hydrogen-bond donors (Lipinski definition) is 1. The molecule has 0 spiro atoms. The van der Waals surface area contributed by atoms with Gasteiger partial charge in [-0.2, -0.15) is 4.98 Å². The number of carbonyl (C=O) groups excluding carboxylic acids is 1. The monoisotopic (exact) mass is 371 g/mol. The van der Waals surface area contributed by atoms with E-state index in [2.05, 4.69) is 25.4 Å². The Morgan fingerprint density at radius 3 is 3.04 bits per heavy atom. The number of nitrogens with zero attached hydrogens (tertiary/aromatic N) is 6. The number of nitrogens with one attached hydrogen (secondary N) is 1. The van der Waals surface area contributed by atoms with Crippen molar-refractivity contribution in [2.24, 2.45) is 0 Å². The summed E-state index contributed by atoms with van der Waals surface area (Å²) >= 11 is 0. The fourth-order valence-corrected chi connectivity index (χ4v) is 2.39. The van der Waals surface area contributed by atoms with Gasteiger partial charge in [0.05, 0.1) is 25.2 Å². The molecule has 27 heavy (non-hydrogen) atoms. The molecule has 3 rings (SSSR count). The van der Waals surface area contributed by atoms with Gasteiger partial charge in [-0.05, 0) is 12.1 Å². The third kappa shape index (κ3) is 4.88. The van der Waals surface area contributed by atoms with Gasteiger partial charge in [0.1, 0.15) is 6.54 Å². The predicted molar refractivity (Wildman–Crippen MR) is 95.3 cm³/mol. The lowest BCUT2D eigenvalue weighted by atomic mass is 10.3. The van der Waals surface area contributed by atoms with Gasteiger partial charge in [-0.3, -0.25) is 4.98 Å². The molecule has 142 valence electrons. The van der Waals surface area contributed by atoms with Crippen LogP contribution in [0, 0.1) is 0 Å². The Bertz CT molecular complexity index is 862. The van der Waals surface area contributed by atoms with Gasteiger partial charge in [0.15, 0.2) is 0 Å². The highest BCUT2D eigenvalue weighted by Gasteiger charge is 2.15. The zero-order valence-electron chi connectivity index (χ0n) is 15.2. The van der Waals surface area contributed by atoms with Crippen molar-refractivity contribution in [2.75, 3.05) is 20.8 Å². The molecular weight excluding hydrogens is 350 g/mol. The number of ether oxygens (including phenoxy) is 1. The molecule has 0 radical (unpaired) electrons. The van der Waals surface area contributed by atoms with E-state index in [4.69, 9.17) is 9.26 Å². The Labute approximate surface area is 156 Å². The van der Waals surface area contributed by atoms with Crippen molar-refractivity contribution in [2.45, 2.75) is 19.6 Å². The predicted octanol–water partition coefficient (Wildman–Crippen LogP) is 1.32. The minimum absolute atomic E-state index is 0.196. The summed E-state index contributed by atoms with van der Waals surface area (Å²) in [5.41, 5.74) is 1.65. The van der Waals surface area contributed by atoms with E-state index in [9.17, 15) is 4.79 Å². The van der Waals surface area contributed by atoms with Gasteiger partial charge in [0.2, 0.25) is 11.7 Å². The molecule has 2 amide bonds. The molecule has 0 unspecified atom stereocenters. The van der Waals surface area contributed by atoms with Crippen LogP contribution in [0.2, 0.25) is 0 Å². The van der Waals surface area contributed by atoms with Crippen LogP contribution in [-0.4, -0.2) is 56.4 Å². The Kier molecular flexibility index (Phi) is 6.10. The fourth-order valence-electron chi connectivity index (χ4n) is 2.39. The molecule has 0 fully saturated rings. The first kappa shape index (κ1) is 18.5. The van der Waals surface area contributed by atoms with E-state index in [0.29, 0.717) is 31.4 Å². The molecule has 0 aromatic carbocycles.